The number of methoxy groups -OCH3 is 1. The highest BCUT2D eigenvalue weighted by molar-refractivity contribution is 5.36. The molecular formula is C19H22N4O2. The Morgan fingerprint density at radius 2 is 2.12 bits per heavy atom. The minimum atomic E-state index is 0.188. The van der Waals surface area contributed by atoms with E-state index in [-0.39, 0.29) is 6.04 Å². The molecule has 6 nitrogen and oxygen atoms in total. The first-order valence-electron chi connectivity index (χ1n) is 8.46. The second-order valence-electron chi connectivity index (χ2n) is 6.52. The van der Waals surface area contributed by atoms with Gasteiger partial charge in [0.25, 0.3) is 0 Å². The Balaban J connectivity index is 1.73. The van der Waals surface area contributed by atoms with Gasteiger partial charge in [-0.05, 0) is 19.9 Å². The zero-order valence-electron chi connectivity index (χ0n) is 14.8. The van der Waals surface area contributed by atoms with E-state index in [9.17, 15) is 0 Å². The van der Waals surface area contributed by atoms with E-state index in [1.54, 1.807) is 7.11 Å². The highest BCUT2D eigenvalue weighted by Gasteiger charge is 2.31. The average molecular weight is 338 g/mol. The Morgan fingerprint density at radius 3 is 2.88 bits per heavy atom. The minimum Gasteiger partial charge on any atom is -0.496 e. The molecule has 3 aromatic rings. The molecule has 0 bridgehead atoms. The summed E-state index contributed by atoms with van der Waals surface area (Å²) in [4.78, 5) is 6.96. The van der Waals surface area contributed by atoms with Crippen LogP contribution in [-0.4, -0.2) is 26.7 Å². The smallest absolute Gasteiger partial charge is 0.133 e. The summed E-state index contributed by atoms with van der Waals surface area (Å²) in [6.07, 6.45) is 1.94. The summed E-state index contributed by atoms with van der Waals surface area (Å²) >= 11 is 0. The molecule has 0 amide bonds. The van der Waals surface area contributed by atoms with Gasteiger partial charge in [-0.3, -0.25) is 4.90 Å². The van der Waals surface area contributed by atoms with Gasteiger partial charge in [0.05, 0.1) is 25.4 Å². The average Bonchev–Trinajstić information content (AvgIpc) is 3.20. The van der Waals surface area contributed by atoms with E-state index in [2.05, 4.69) is 38.7 Å². The van der Waals surface area contributed by atoms with Crippen LogP contribution in [0.5, 0.6) is 5.75 Å². The summed E-state index contributed by atoms with van der Waals surface area (Å²) in [6.45, 7) is 6.35. The molecule has 2 aromatic heterocycles. The molecule has 4 rings (SSSR count). The fraction of sp³-hybridized carbons (Fsp3) is 0.368. The Labute approximate surface area is 147 Å². The van der Waals surface area contributed by atoms with Crippen molar-refractivity contribution in [2.75, 3.05) is 7.11 Å². The molecular weight excluding hydrogens is 316 g/mol. The van der Waals surface area contributed by atoms with Crippen molar-refractivity contribution in [2.45, 2.75) is 39.5 Å². The molecule has 1 aliphatic rings. The first kappa shape index (κ1) is 15.9. The number of benzene rings is 1. The van der Waals surface area contributed by atoms with E-state index < -0.39 is 0 Å². The molecule has 6 heteroatoms. The molecule has 0 aliphatic carbocycles. The summed E-state index contributed by atoms with van der Waals surface area (Å²) in [5.74, 6) is 2.83. The van der Waals surface area contributed by atoms with E-state index in [1.807, 2.05) is 31.3 Å². The lowest BCUT2D eigenvalue weighted by Gasteiger charge is -2.37. The summed E-state index contributed by atoms with van der Waals surface area (Å²) < 4.78 is 13.2. The van der Waals surface area contributed by atoms with Crippen LogP contribution in [0.15, 0.2) is 41.1 Å². The van der Waals surface area contributed by atoms with Crippen LogP contribution in [0.2, 0.25) is 0 Å². The number of hydrogen-bond donors (Lipinski definition) is 0. The van der Waals surface area contributed by atoms with E-state index in [0.717, 1.165) is 36.1 Å². The molecule has 0 spiro atoms. The van der Waals surface area contributed by atoms with Gasteiger partial charge in [0.15, 0.2) is 0 Å². The molecule has 3 heterocycles. The molecule has 1 aromatic carbocycles. The minimum absolute atomic E-state index is 0.188. The maximum atomic E-state index is 5.62. The van der Waals surface area contributed by atoms with Crippen LogP contribution in [0, 0.1) is 13.8 Å². The van der Waals surface area contributed by atoms with Crippen molar-refractivity contribution >= 4 is 0 Å². The van der Waals surface area contributed by atoms with Crippen molar-refractivity contribution in [1.29, 1.82) is 0 Å². The number of ether oxygens (including phenoxy) is 1. The van der Waals surface area contributed by atoms with Crippen LogP contribution in [-0.2, 0) is 19.6 Å². The zero-order valence-corrected chi connectivity index (χ0v) is 14.8. The van der Waals surface area contributed by atoms with Gasteiger partial charge < -0.3 is 13.8 Å². The monoisotopic (exact) mass is 338 g/mol. The Kier molecular flexibility index (Phi) is 4.05. The maximum Gasteiger partial charge on any atom is 0.133 e. The van der Waals surface area contributed by atoms with Gasteiger partial charge in [-0.1, -0.05) is 23.4 Å². The van der Waals surface area contributed by atoms with E-state index in [0.29, 0.717) is 6.54 Å². The molecule has 25 heavy (non-hydrogen) atoms. The van der Waals surface area contributed by atoms with Gasteiger partial charge >= 0.3 is 0 Å². The number of nitrogens with zero attached hydrogens (tertiary/aromatic N) is 4. The first-order valence-corrected chi connectivity index (χ1v) is 8.46. The second-order valence-corrected chi connectivity index (χ2v) is 6.52. The number of para-hydroxylation sites is 1. The van der Waals surface area contributed by atoms with Crippen LogP contribution in [0.4, 0.5) is 0 Å². The number of imidazole rings is 1. The van der Waals surface area contributed by atoms with Crippen molar-refractivity contribution in [3.05, 3.63) is 65.1 Å². The lowest BCUT2D eigenvalue weighted by Crippen LogP contribution is -2.37. The Bertz CT molecular complexity index is 883. The number of rotatable bonds is 4. The van der Waals surface area contributed by atoms with Gasteiger partial charge in [0.1, 0.15) is 17.3 Å². The van der Waals surface area contributed by atoms with E-state index in [1.165, 1.54) is 11.3 Å². The molecule has 0 unspecified atom stereocenters. The van der Waals surface area contributed by atoms with Crippen molar-refractivity contribution in [3.63, 3.8) is 0 Å². The van der Waals surface area contributed by atoms with Crippen molar-refractivity contribution in [1.82, 2.24) is 19.6 Å². The molecule has 0 saturated heterocycles. The lowest BCUT2D eigenvalue weighted by molar-refractivity contribution is 0.122. The van der Waals surface area contributed by atoms with Gasteiger partial charge in [0.2, 0.25) is 0 Å². The summed E-state index contributed by atoms with van der Waals surface area (Å²) in [5.41, 5.74) is 3.31. The maximum absolute atomic E-state index is 5.62. The molecule has 130 valence electrons. The summed E-state index contributed by atoms with van der Waals surface area (Å²) in [5, 5.41) is 4.17. The normalized spacial score (nSPS) is 17.5. The van der Waals surface area contributed by atoms with Crippen LogP contribution in [0.25, 0.3) is 0 Å². The molecule has 0 N–H and O–H groups in total. The molecule has 1 atom stereocenters. The topological polar surface area (TPSA) is 56.3 Å². The van der Waals surface area contributed by atoms with Crippen molar-refractivity contribution < 1.29 is 9.26 Å². The van der Waals surface area contributed by atoms with Crippen LogP contribution in [0.3, 0.4) is 0 Å². The predicted octanol–water partition coefficient (Wildman–Crippen LogP) is 3.25. The van der Waals surface area contributed by atoms with Gasteiger partial charge in [0, 0.05) is 36.6 Å². The molecule has 0 radical (unpaired) electrons. The quantitative estimate of drug-likeness (QED) is 0.731. The Hall–Kier alpha value is -2.60. The van der Waals surface area contributed by atoms with E-state index in [4.69, 9.17) is 9.26 Å². The van der Waals surface area contributed by atoms with Gasteiger partial charge in [-0.25, -0.2) is 4.98 Å². The SMILES string of the molecule is COc1ccccc1[C@@H]1Cn2c(C)cnc2CN1Cc1cc(C)on1. The fourth-order valence-corrected chi connectivity index (χ4v) is 3.57. The van der Waals surface area contributed by atoms with E-state index >= 15 is 0 Å². The number of fused-ring (bicyclic) bond motifs is 1. The van der Waals surface area contributed by atoms with Crippen molar-refractivity contribution in [3.8, 4) is 5.75 Å². The number of hydrogen-bond acceptors (Lipinski definition) is 5. The summed E-state index contributed by atoms with van der Waals surface area (Å²) in [7, 11) is 1.72. The zero-order chi connectivity index (χ0) is 17.4. The highest BCUT2D eigenvalue weighted by atomic mass is 16.5. The Morgan fingerprint density at radius 1 is 1.28 bits per heavy atom. The van der Waals surface area contributed by atoms with Crippen LogP contribution >= 0.6 is 0 Å². The van der Waals surface area contributed by atoms with Crippen LogP contribution < -0.4 is 4.74 Å². The molecule has 0 saturated carbocycles. The number of aromatic nitrogens is 3. The third kappa shape index (κ3) is 2.93. The van der Waals surface area contributed by atoms with Gasteiger partial charge in [-0.15, -0.1) is 0 Å². The summed E-state index contributed by atoms with van der Waals surface area (Å²) in [6, 6.07) is 10.4. The third-order valence-corrected chi connectivity index (χ3v) is 4.82. The fourth-order valence-electron chi connectivity index (χ4n) is 3.57. The largest absolute Gasteiger partial charge is 0.496 e. The highest BCUT2D eigenvalue weighted by Crippen LogP contribution is 2.35. The third-order valence-electron chi connectivity index (χ3n) is 4.82. The standard InChI is InChI=1S/C19H22N4O2/c1-13-9-20-19-12-22(10-15-8-14(2)25-21-15)17(11-23(13)19)16-6-4-5-7-18(16)24-3/h4-9,17H,10-12H2,1-3H3/t17-/m0/s1. The predicted molar refractivity (Wildman–Crippen MR) is 93.2 cm³/mol. The lowest BCUT2D eigenvalue weighted by atomic mass is 10.0. The first-order chi connectivity index (χ1) is 12.2. The second kappa shape index (κ2) is 6.37. The molecule has 0 fully saturated rings. The van der Waals surface area contributed by atoms with Crippen molar-refractivity contribution in [2.24, 2.45) is 0 Å². The van der Waals surface area contributed by atoms with Crippen LogP contribution in [0.1, 0.15) is 34.6 Å². The van der Waals surface area contributed by atoms with Gasteiger partial charge in [-0.2, -0.15) is 0 Å². The molecule has 1 aliphatic heterocycles. The number of aryl methyl sites for hydroxylation is 2.